The van der Waals surface area contributed by atoms with Crippen LogP contribution >= 0.6 is 0 Å². The number of hydrogen-bond donors (Lipinski definition) is 3. The fraction of sp³-hybridized carbons (Fsp3) is 0.533. The first-order chi connectivity index (χ1) is 9.47. The fourth-order valence-corrected chi connectivity index (χ4v) is 2.76. The SMILES string of the molecule is COc1cc(C(C)(NC2CCCC2)C(N)=O)ccc1O. The van der Waals surface area contributed by atoms with Crippen LogP contribution in [0.15, 0.2) is 18.2 Å². The molecule has 20 heavy (non-hydrogen) atoms. The molecule has 0 bridgehead atoms. The van der Waals surface area contributed by atoms with Crippen molar-refractivity contribution in [2.24, 2.45) is 5.73 Å². The molecule has 1 fully saturated rings. The first-order valence-corrected chi connectivity index (χ1v) is 6.92. The first kappa shape index (κ1) is 14.7. The van der Waals surface area contributed by atoms with Gasteiger partial charge in [0.15, 0.2) is 11.5 Å². The summed E-state index contributed by atoms with van der Waals surface area (Å²) in [6.07, 6.45) is 4.45. The molecule has 1 aromatic carbocycles. The maximum atomic E-state index is 12.0. The molecule has 0 heterocycles. The molecule has 0 aliphatic heterocycles. The van der Waals surface area contributed by atoms with Gasteiger partial charge in [0.25, 0.3) is 0 Å². The van der Waals surface area contributed by atoms with Gasteiger partial charge in [-0.2, -0.15) is 0 Å². The largest absolute Gasteiger partial charge is 0.504 e. The van der Waals surface area contributed by atoms with Gasteiger partial charge in [-0.1, -0.05) is 18.9 Å². The molecule has 1 saturated carbocycles. The molecular formula is C15H22N2O3. The average Bonchev–Trinajstić information content (AvgIpc) is 2.91. The van der Waals surface area contributed by atoms with Crippen LogP contribution in [0.3, 0.4) is 0 Å². The van der Waals surface area contributed by atoms with Gasteiger partial charge in [-0.3, -0.25) is 10.1 Å². The molecule has 1 amide bonds. The maximum Gasteiger partial charge on any atom is 0.242 e. The second-order valence-electron chi connectivity index (χ2n) is 5.50. The van der Waals surface area contributed by atoms with Crippen LogP contribution in [0.4, 0.5) is 0 Å². The zero-order valence-corrected chi connectivity index (χ0v) is 12.0. The summed E-state index contributed by atoms with van der Waals surface area (Å²) in [4.78, 5) is 12.0. The van der Waals surface area contributed by atoms with E-state index in [1.54, 1.807) is 19.1 Å². The van der Waals surface area contributed by atoms with Crippen LogP contribution in [-0.2, 0) is 10.3 Å². The third-order valence-electron chi connectivity index (χ3n) is 4.10. The van der Waals surface area contributed by atoms with Crippen molar-refractivity contribution in [3.05, 3.63) is 23.8 Å². The minimum atomic E-state index is -0.962. The van der Waals surface area contributed by atoms with E-state index in [9.17, 15) is 9.90 Å². The van der Waals surface area contributed by atoms with E-state index in [2.05, 4.69) is 5.32 Å². The van der Waals surface area contributed by atoms with E-state index in [1.807, 2.05) is 0 Å². The smallest absolute Gasteiger partial charge is 0.242 e. The van der Waals surface area contributed by atoms with Crippen LogP contribution in [0, 0.1) is 0 Å². The first-order valence-electron chi connectivity index (χ1n) is 6.92. The topological polar surface area (TPSA) is 84.6 Å². The number of rotatable bonds is 5. The molecule has 110 valence electrons. The molecule has 1 aromatic rings. The Balaban J connectivity index is 2.33. The summed E-state index contributed by atoms with van der Waals surface area (Å²) in [5.74, 6) is -0.0516. The summed E-state index contributed by atoms with van der Waals surface area (Å²) in [6.45, 7) is 1.78. The Morgan fingerprint density at radius 1 is 1.45 bits per heavy atom. The molecule has 0 aromatic heterocycles. The van der Waals surface area contributed by atoms with Crippen molar-refractivity contribution in [2.45, 2.75) is 44.2 Å². The number of nitrogens with two attached hydrogens (primary N) is 1. The van der Waals surface area contributed by atoms with Crippen molar-refractivity contribution >= 4 is 5.91 Å². The molecule has 0 saturated heterocycles. The third kappa shape index (κ3) is 2.72. The van der Waals surface area contributed by atoms with Crippen LogP contribution in [0.1, 0.15) is 38.2 Å². The minimum Gasteiger partial charge on any atom is -0.504 e. The Labute approximate surface area is 119 Å². The molecule has 1 aliphatic rings. The Morgan fingerprint density at radius 2 is 2.10 bits per heavy atom. The fourth-order valence-electron chi connectivity index (χ4n) is 2.76. The zero-order valence-electron chi connectivity index (χ0n) is 12.0. The summed E-state index contributed by atoms with van der Waals surface area (Å²) >= 11 is 0. The number of carbonyl (C=O) groups excluding carboxylic acids is 1. The van der Waals surface area contributed by atoms with Crippen LogP contribution in [0.25, 0.3) is 0 Å². The molecule has 1 aliphatic carbocycles. The molecule has 1 unspecified atom stereocenters. The van der Waals surface area contributed by atoms with Gasteiger partial charge in [0, 0.05) is 6.04 Å². The molecule has 5 heteroatoms. The van der Waals surface area contributed by atoms with Crippen molar-refractivity contribution in [1.29, 1.82) is 0 Å². The predicted molar refractivity (Wildman–Crippen MR) is 76.6 cm³/mol. The highest BCUT2D eigenvalue weighted by molar-refractivity contribution is 5.86. The lowest BCUT2D eigenvalue weighted by Crippen LogP contribution is -2.53. The lowest BCUT2D eigenvalue weighted by molar-refractivity contribution is -0.124. The van der Waals surface area contributed by atoms with E-state index in [0.717, 1.165) is 12.8 Å². The molecule has 4 N–H and O–H groups in total. The van der Waals surface area contributed by atoms with Crippen molar-refractivity contribution in [1.82, 2.24) is 5.32 Å². The van der Waals surface area contributed by atoms with Crippen LogP contribution < -0.4 is 15.8 Å². The number of ether oxygens (including phenoxy) is 1. The number of nitrogens with one attached hydrogen (secondary N) is 1. The lowest BCUT2D eigenvalue weighted by Gasteiger charge is -2.31. The van der Waals surface area contributed by atoms with Gasteiger partial charge in [0.05, 0.1) is 7.11 Å². The van der Waals surface area contributed by atoms with Crippen molar-refractivity contribution in [3.8, 4) is 11.5 Å². The van der Waals surface area contributed by atoms with E-state index >= 15 is 0 Å². The van der Waals surface area contributed by atoms with Crippen LogP contribution in [-0.4, -0.2) is 24.2 Å². The molecule has 0 spiro atoms. The summed E-state index contributed by atoms with van der Waals surface area (Å²) in [7, 11) is 1.48. The van der Waals surface area contributed by atoms with E-state index < -0.39 is 11.4 Å². The van der Waals surface area contributed by atoms with Gasteiger partial charge in [-0.05, 0) is 37.5 Å². The second-order valence-corrected chi connectivity index (χ2v) is 5.50. The minimum absolute atomic E-state index is 0.0453. The lowest BCUT2D eigenvalue weighted by atomic mass is 9.89. The highest BCUT2D eigenvalue weighted by Gasteiger charge is 2.36. The number of phenolic OH excluding ortho intramolecular Hbond substituents is 1. The van der Waals surface area contributed by atoms with Crippen molar-refractivity contribution < 1.29 is 14.6 Å². The Kier molecular flexibility index (Phi) is 4.18. The van der Waals surface area contributed by atoms with Gasteiger partial charge >= 0.3 is 0 Å². The number of primary amides is 1. The third-order valence-corrected chi connectivity index (χ3v) is 4.10. The predicted octanol–water partition coefficient (Wildman–Crippen LogP) is 1.63. The van der Waals surface area contributed by atoms with Crippen LogP contribution in [0.2, 0.25) is 0 Å². The Morgan fingerprint density at radius 3 is 2.65 bits per heavy atom. The summed E-state index contributed by atoms with van der Waals surface area (Å²) in [6, 6.07) is 5.17. The van der Waals surface area contributed by atoms with E-state index in [0.29, 0.717) is 17.4 Å². The summed E-state index contributed by atoms with van der Waals surface area (Å²) in [5, 5.41) is 13.0. The van der Waals surface area contributed by atoms with Crippen LogP contribution in [0.5, 0.6) is 11.5 Å². The standard InChI is InChI=1S/C15H22N2O3/c1-15(14(16)19,17-11-5-3-4-6-11)10-7-8-12(18)13(9-10)20-2/h7-9,11,17-18H,3-6H2,1-2H3,(H2,16,19). The monoisotopic (exact) mass is 278 g/mol. The molecule has 5 nitrogen and oxygen atoms in total. The maximum absolute atomic E-state index is 12.0. The second kappa shape index (κ2) is 5.71. The van der Waals surface area contributed by atoms with Crippen molar-refractivity contribution in [2.75, 3.05) is 7.11 Å². The Hall–Kier alpha value is -1.75. The highest BCUT2D eigenvalue weighted by atomic mass is 16.5. The van der Waals surface area contributed by atoms with E-state index in [-0.39, 0.29) is 5.75 Å². The number of benzene rings is 1. The molecule has 0 radical (unpaired) electrons. The zero-order chi connectivity index (χ0) is 14.8. The number of aromatic hydroxyl groups is 1. The van der Waals surface area contributed by atoms with Gasteiger partial charge in [-0.25, -0.2) is 0 Å². The molecule has 2 rings (SSSR count). The van der Waals surface area contributed by atoms with Gasteiger partial charge in [-0.15, -0.1) is 0 Å². The Bertz CT molecular complexity index is 498. The van der Waals surface area contributed by atoms with Crippen molar-refractivity contribution in [3.63, 3.8) is 0 Å². The van der Waals surface area contributed by atoms with E-state index in [4.69, 9.17) is 10.5 Å². The van der Waals surface area contributed by atoms with Gasteiger partial charge in [0.2, 0.25) is 5.91 Å². The number of carbonyl (C=O) groups is 1. The molecular weight excluding hydrogens is 256 g/mol. The number of hydrogen-bond acceptors (Lipinski definition) is 4. The van der Waals surface area contributed by atoms with E-state index in [1.165, 1.54) is 26.0 Å². The average molecular weight is 278 g/mol. The van der Waals surface area contributed by atoms with Gasteiger partial charge in [0.1, 0.15) is 5.54 Å². The summed E-state index contributed by atoms with van der Waals surface area (Å²) in [5.41, 5.74) is 5.34. The van der Waals surface area contributed by atoms with Gasteiger partial charge < -0.3 is 15.6 Å². The number of methoxy groups -OCH3 is 1. The number of amides is 1. The quantitative estimate of drug-likeness (QED) is 0.764. The number of phenols is 1. The molecule has 1 atom stereocenters. The summed E-state index contributed by atoms with van der Waals surface area (Å²) < 4.78 is 5.10. The normalized spacial score (nSPS) is 18.7. The highest BCUT2D eigenvalue weighted by Crippen LogP contribution is 2.33.